The zero-order valence-corrected chi connectivity index (χ0v) is 14.7. The van der Waals surface area contributed by atoms with Gasteiger partial charge in [0, 0.05) is 11.7 Å². The smallest absolute Gasteiger partial charge is 0.376 e. The van der Waals surface area contributed by atoms with Crippen LogP contribution in [0, 0.1) is 0 Å². The van der Waals surface area contributed by atoms with Crippen LogP contribution in [-0.2, 0) is 10.2 Å². The molecule has 0 bridgehead atoms. The Morgan fingerprint density at radius 1 is 1.38 bits per heavy atom. The van der Waals surface area contributed by atoms with Gasteiger partial charge in [0.05, 0.1) is 0 Å². The van der Waals surface area contributed by atoms with E-state index in [1.807, 2.05) is 44.2 Å². The first kappa shape index (κ1) is 18.5. The Bertz CT molecular complexity index is 679. The average molecular weight is 376 g/mol. The minimum absolute atomic E-state index is 0.0411. The molecule has 0 N–H and O–H groups in total. The number of benzene rings is 1. The summed E-state index contributed by atoms with van der Waals surface area (Å²) in [7, 11) is 0. The van der Waals surface area contributed by atoms with Gasteiger partial charge in [-0.05, 0) is 37.1 Å². The van der Waals surface area contributed by atoms with Crippen molar-refractivity contribution in [3.05, 3.63) is 35.3 Å². The largest absolute Gasteiger partial charge is 0.459 e. The number of rotatable bonds is 7. The Labute approximate surface area is 147 Å². The van der Waals surface area contributed by atoms with Gasteiger partial charge in [0.2, 0.25) is 5.01 Å². The predicted octanol–water partition coefficient (Wildman–Crippen LogP) is 4.04. The molecule has 5 nitrogen and oxygen atoms in total. The van der Waals surface area contributed by atoms with Crippen molar-refractivity contribution in [3.63, 3.8) is 0 Å². The van der Waals surface area contributed by atoms with E-state index in [-0.39, 0.29) is 23.7 Å². The molecule has 1 aromatic heterocycles. The highest BCUT2D eigenvalue weighted by Gasteiger charge is 2.33. The van der Waals surface area contributed by atoms with Crippen LogP contribution in [0.15, 0.2) is 30.3 Å². The lowest BCUT2D eigenvalue weighted by Crippen LogP contribution is -2.41. The number of carbonyl (C=O) groups excluding carboxylic acids is 1. The molecule has 0 aliphatic carbocycles. The predicted molar refractivity (Wildman–Crippen MR) is 88.8 cm³/mol. The van der Waals surface area contributed by atoms with E-state index in [9.17, 15) is 13.6 Å². The van der Waals surface area contributed by atoms with Crippen LogP contribution in [0.25, 0.3) is 0 Å². The van der Waals surface area contributed by atoms with Gasteiger partial charge in [0.15, 0.2) is 6.61 Å². The maximum absolute atomic E-state index is 12.9. The van der Waals surface area contributed by atoms with Gasteiger partial charge in [-0.15, -0.1) is 5.10 Å². The molecule has 24 heavy (non-hydrogen) atoms. The van der Waals surface area contributed by atoms with E-state index in [2.05, 4.69) is 10.2 Å². The van der Waals surface area contributed by atoms with Crippen molar-refractivity contribution in [2.75, 3.05) is 11.5 Å². The third-order valence-electron chi connectivity index (χ3n) is 3.30. The van der Waals surface area contributed by atoms with E-state index in [1.165, 1.54) is 0 Å². The summed E-state index contributed by atoms with van der Waals surface area (Å²) in [6.45, 7) is 3.55. The number of carbonyl (C=O) groups is 1. The van der Waals surface area contributed by atoms with Crippen molar-refractivity contribution in [1.82, 2.24) is 10.2 Å². The third kappa shape index (κ3) is 4.61. The van der Waals surface area contributed by atoms with Gasteiger partial charge < -0.3 is 9.64 Å². The first-order valence-electron chi connectivity index (χ1n) is 7.23. The molecule has 9 heteroatoms. The molecular formula is C15H16ClF2N3O2S. The molecule has 0 spiro atoms. The molecule has 2 aromatic rings. The van der Waals surface area contributed by atoms with Gasteiger partial charge in [0.25, 0.3) is 11.1 Å². The Morgan fingerprint density at radius 3 is 2.58 bits per heavy atom. The van der Waals surface area contributed by atoms with Crippen LogP contribution >= 0.6 is 22.9 Å². The molecule has 0 radical (unpaired) electrons. The van der Waals surface area contributed by atoms with Crippen LogP contribution in [0.4, 0.5) is 14.5 Å². The fourth-order valence-electron chi connectivity index (χ4n) is 1.99. The fourth-order valence-corrected chi connectivity index (χ4v) is 2.71. The highest BCUT2D eigenvalue weighted by Crippen LogP contribution is 2.36. The number of aromatic nitrogens is 2. The highest BCUT2D eigenvalue weighted by atomic mass is 35.5. The van der Waals surface area contributed by atoms with Gasteiger partial charge in [-0.2, -0.15) is 8.78 Å². The summed E-state index contributed by atoms with van der Waals surface area (Å²) in [4.78, 5) is 14.1. The number of para-hydroxylation sites is 1. The normalized spacial score (nSPS) is 12.7. The number of nitrogens with zero attached hydrogens (tertiary/aromatic N) is 3. The number of halogens is 3. The van der Waals surface area contributed by atoms with Gasteiger partial charge in [-0.25, -0.2) is 0 Å². The van der Waals surface area contributed by atoms with Crippen molar-refractivity contribution in [3.8, 4) is 5.19 Å². The standard InChI is InChI=1S/C15H16ClF2N3O2S/c1-3-10(2)21(11-7-5-4-6-8-11)12(22)9-23-14-20-19-13(24-14)15(16,17)18/h4-8,10H,3,9H2,1-2H3. The van der Waals surface area contributed by atoms with Gasteiger partial charge in [-0.1, -0.05) is 41.6 Å². The minimum Gasteiger partial charge on any atom is -0.459 e. The van der Waals surface area contributed by atoms with Crippen LogP contribution in [0.5, 0.6) is 5.19 Å². The summed E-state index contributed by atoms with van der Waals surface area (Å²) in [6.07, 6.45) is 0.752. The maximum Gasteiger partial charge on any atom is 0.376 e. The quantitative estimate of drug-likeness (QED) is 0.685. The van der Waals surface area contributed by atoms with E-state index < -0.39 is 10.4 Å². The van der Waals surface area contributed by atoms with Crippen LogP contribution in [0.3, 0.4) is 0 Å². The summed E-state index contributed by atoms with van der Waals surface area (Å²) < 4.78 is 31.0. The van der Waals surface area contributed by atoms with Crippen molar-refractivity contribution in [2.45, 2.75) is 31.7 Å². The molecule has 1 amide bonds. The van der Waals surface area contributed by atoms with Crippen LogP contribution in [-0.4, -0.2) is 28.8 Å². The molecule has 1 unspecified atom stereocenters. The second-order valence-corrected chi connectivity index (χ2v) is 6.43. The Kier molecular flexibility index (Phi) is 6.06. The molecule has 0 aliphatic rings. The molecule has 1 aromatic carbocycles. The molecule has 0 saturated heterocycles. The number of anilines is 1. The Balaban J connectivity index is 2.07. The zero-order valence-electron chi connectivity index (χ0n) is 13.1. The van der Waals surface area contributed by atoms with Crippen molar-refractivity contribution >= 4 is 34.5 Å². The Hall–Kier alpha value is -1.80. The second-order valence-electron chi connectivity index (χ2n) is 5.02. The zero-order chi connectivity index (χ0) is 17.7. The number of hydrogen-bond acceptors (Lipinski definition) is 5. The molecule has 0 saturated carbocycles. The maximum atomic E-state index is 12.9. The monoisotopic (exact) mass is 375 g/mol. The molecule has 0 fully saturated rings. The van der Waals surface area contributed by atoms with E-state index >= 15 is 0 Å². The van der Waals surface area contributed by atoms with Gasteiger partial charge in [-0.3, -0.25) is 4.79 Å². The average Bonchev–Trinajstić information content (AvgIpc) is 3.03. The molecule has 0 aliphatic heterocycles. The van der Waals surface area contributed by atoms with Gasteiger partial charge in [0.1, 0.15) is 0 Å². The van der Waals surface area contributed by atoms with Crippen molar-refractivity contribution < 1.29 is 18.3 Å². The second kappa shape index (κ2) is 7.85. The van der Waals surface area contributed by atoms with Crippen LogP contribution in [0.2, 0.25) is 0 Å². The van der Waals surface area contributed by atoms with E-state index in [1.54, 1.807) is 4.90 Å². The summed E-state index contributed by atoms with van der Waals surface area (Å²) in [5.74, 6) is -0.301. The first-order chi connectivity index (χ1) is 11.3. The number of hydrogen-bond donors (Lipinski definition) is 0. The lowest BCUT2D eigenvalue weighted by atomic mass is 10.2. The first-order valence-corrected chi connectivity index (χ1v) is 8.43. The number of ether oxygens (including phenoxy) is 1. The van der Waals surface area contributed by atoms with Crippen molar-refractivity contribution in [1.29, 1.82) is 0 Å². The van der Waals surface area contributed by atoms with Gasteiger partial charge >= 0.3 is 5.38 Å². The topological polar surface area (TPSA) is 55.3 Å². The molecule has 1 heterocycles. The van der Waals surface area contributed by atoms with Crippen molar-refractivity contribution in [2.24, 2.45) is 0 Å². The lowest BCUT2D eigenvalue weighted by Gasteiger charge is -2.28. The lowest BCUT2D eigenvalue weighted by molar-refractivity contribution is -0.121. The third-order valence-corrected chi connectivity index (χ3v) is 4.50. The SMILES string of the molecule is CCC(C)N(C(=O)COc1nnc(C(F)(F)Cl)s1)c1ccccc1. The summed E-state index contributed by atoms with van der Waals surface area (Å²) >= 11 is 5.38. The highest BCUT2D eigenvalue weighted by molar-refractivity contribution is 7.13. The van der Waals surface area contributed by atoms with E-state index in [0.717, 1.165) is 12.1 Å². The molecule has 130 valence electrons. The van der Waals surface area contributed by atoms with E-state index in [4.69, 9.17) is 16.3 Å². The molecular weight excluding hydrogens is 360 g/mol. The van der Waals surface area contributed by atoms with Crippen LogP contribution < -0.4 is 9.64 Å². The van der Waals surface area contributed by atoms with Crippen LogP contribution in [0.1, 0.15) is 25.3 Å². The molecule has 1 atom stereocenters. The van der Waals surface area contributed by atoms with E-state index in [0.29, 0.717) is 11.3 Å². The Morgan fingerprint density at radius 2 is 2.04 bits per heavy atom. The number of amides is 1. The minimum atomic E-state index is -3.60. The summed E-state index contributed by atoms with van der Waals surface area (Å²) in [6, 6.07) is 9.12. The number of alkyl halides is 3. The summed E-state index contributed by atoms with van der Waals surface area (Å²) in [5, 5.41) is 2.32. The fraction of sp³-hybridized carbons (Fsp3) is 0.400. The summed E-state index contributed by atoms with van der Waals surface area (Å²) in [5.41, 5.74) is 0.741. The molecule has 2 rings (SSSR count).